The zero-order valence-corrected chi connectivity index (χ0v) is 10.7. The Morgan fingerprint density at radius 2 is 1.94 bits per heavy atom. The Balaban J connectivity index is 2.03. The number of anilines is 1. The minimum absolute atomic E-state index is 0.902. The van der Waals surface area contributed by atoms with Gasteiger partial charge in [0.05, 0.1) is 12.6 Å². The van der Waals surface area contributed by atoms with Crippen molar-refractivity contribution in [3.63, 3.8) is 0 Å². The van der Waals surface area contributed by atoms with Crippen LogP contribution in [0.25, 0.3) is 10.9 Å². The maximum Gasteiger partial charge on any atom is 0.129 e. The number of fused-ring (bicyclic) bond motifs is 1. The lowest BCUT2D eigenvalue weighted by Gasteiger charge is -2.29. The number of rotatable bonds is 2. The third-order valence-corrected chi connectivity index (χ3v) is 3.63. The van der Waals surface area contributed by atoms with Crippen molar-refractivity contribution < 1.29 is 4.74 Å². The molecule has 2 heterocycles. The van der Waals surface area contributed by atoms with Gasteiger partial charge in [-0.25, -0.2) is 0 Å². The molecule has 1 aromatic carbocycles. The number of piperidine rings is 1. The molecule has 0 spiro atoms. The van der Waals surface area contributed by atoms with Gasteiger partial charge >= 0.3 is 0 Å². The van der Waals surface area contributed by atoms with Crippen molar-refractivity contribution in [3.8, 4) is 5.75 Å². The van der Waals surface area contributed by atoms with Gasteiger partial charge < -0.3 is 9.64 Å². The van der Waals surface area contributed by atoms with E-state index in [-0.39, 0.29) is 0 Å². The zero-order chi connectivity index (χ0) is 12.4. The van der Waals surface area contributed by atoms with E-state index in [0.29, 0.717) is 0 Å². The normalized spacial score (nSPS) is 15.9. The lowest BCUT2D eigenvalue weighted by Crippen LogP contribution is -2.29. The summed E-state index contributed by atoms with van der Waals surface area (Å²) in [6, 6.07) is 8.37. The molecule has 0 saturated carbocycles. The molecule has 1 aromatic heterocycles. The van der Waals surface area contributed by atoms with Crippen LogP contribution >= 0.6 is 0 Å². The summed E-state index contributed by atoms with van der Waals surface area (Å²) in [7, 11) is 1.71. The first-order chi connectivity index (χ1) is 8.88. The zero-order valence-electron chi connectivity index (χ0n) is 10.7. The largest absolute Gasteiger partial charge is 0.496 e. The SMILES string of the molecule is COc1ccnc2ccc(N3CCCCC3)cc12. The lowest BCUT2D eigenvalue weighted by atomic mass is 10.1. The Bertz CT molecular complexity index is 547. The molecule has 1 saturated heterocycles. The number of benzene rings is 1. The summed E-state index contributed by atoms with van der Waals surface area (Å²) in [6.45, 7) is 2.32. The van der Waals surface area contributed by atoms with Gasteiger partial charge in [-0.1, -0.05) is 0 Å². The molecule has 1 fully saturated rings. The number of methoxy groups -OCH3 is 1. The monoisotopic (exact) mass is 242 g/mol. The molecule has 3 nitrogen and oxygen atoms in total. The minimum atomic E-state index is 0.902. The van der Waals surface area contributed by atoms with Crippen molar-refractivity contribution in [1.82, 2.24) is 4.98 Å². The molecule has 0 unspecified atom stereocenters. The number of aromatic nitrogens is 1. The molecule has 0 bridgehead atoms. The first kappa shape index (κ1) is 11.3. The highest BCUT2D eigenvalue weighted by atomic mass is 16.5. The first-order valence-electron chi connectivity index (χ1n) is 6.56. The number of pyridine rings is 1. The van der Waals surface area contributed by atoms with Crippen molar-refractivity contribution >= 4 is 16.6 Å². The van der Waals surface area contributed by atoms with Gasteiger partial charge in [0.2, 0.25) is 0 Å². The number of ether oxygens (including phenoxy) is 1. The average Bonchev–Trinajstić information content (AvgIpc) is 2.47. The molecule has 94 valence electrons. The molecule has 2 aromatic rings. The molecule has 1 aliphatic rings. The van der Waals surface area contributed by atoms with Crippen LogP contribution in [0.15, 0.2) is 30.5 Å². The van der Waals surface area contributed by atoms with E-state index in [4.69, 9.17) is 4.74 Å². The topological polar surface area (TPSA) is 25.4 Å². The Kier molecular flexibility index (Phi) is 3.05. The molecular formula is C15H18N2O. The lowest BCUT2D eigenvalue weighted by molar-refractivity contribution is 0.419. The van der Waals surface area contributed by atoms with E-state index in [0.717, 1.165) is 29.7 Å². The first-order valence-corrected chi connectivity index (χ1v) is 6.56. The third-order valence-electron chi connectivity index (χ3n) is 3.63. The summed E-state index contributed by atoms with van der Waals surface area (Å²) in [6.07, 6.45) is 5.74. The number of hydrogen-bond acceptors (Lipinski definition) is 3. The summed E-state index contributed by atoms with van der Waals surface area (Å²) in [4.78, 5) is 6.83. The van der Waals surface area contributed by atoms with Crippen molar-refractivity contribution in [2.24, 2.45) is 0 Å². The van der Waals surface area contributed by atoms with E-state index in [1.807, 2.05) is 6.07 Å². The quantitative estimate of drug-likeness (QED) is 0.808. The summed E-state index contributed by atoms with van der Waals surface area (Å²) < 4.78 is 5.41. The average molecular weight is 242 g/mol. The van der Waals surface area contributed by atoms with Gasteiger partial charge in [-0.3, -0.25) is 4.98 Å². The fourth-order valence-corrected chi connectivity index (χ4v) is 2.64. The van der Waals surface area contributed by atoms with E-state index in [9.17, 15) is 0 Å². The van der Waals surface area contributed by atoms with Gasteiger partial charge in [0.25, 0.3) is 0 Å². The van der Waals surface area contributed by atoms with Gasteiger partial charge in [-0.15, -0.1) is 0 Å². The highest BCUT2D eigenvalue weighted by Crippen LogP contribution is 2.29. The smallest absolute Gasteiger partial charge is 0.129 e. The van der Waals surface area contributed by atoms with E-state index < -0.39 is 0 Å². The molecule has 0 N–H and O–H groups in total. The fourth-order valence-electron chi connectivity index (χ4n) is 2.64. The number of nitrogens with zero attached hydrogens (tertiary/aromatic N) is 2. The Morgan fingerprint density at radius 1 is 1.11 bits per heavy atom. The van der Waals surface area contributed by atoms with Gasteiger partial charge in [0.15, 0.2) is 0 Å². The Morgan fingerprint density at radius 3 is 2.72 bits per heavy atom. The van der Waals surface area contributed by atoms with Crippen LogP contribution in [-0.4, -0.2) is 25.2 Å². The highest BCUT2D eigenvalue weighted by Gasteiger charge is 2.12. The second-order valence-electron chi connectivity index (χ2n) is 4.76. The van der Waals surface area contributed by atoms with Crippen LogP contribution in [0, 0.1) is 0 Å². The van der Waals surface area contributed by atoms with Crippen molar-refractivity contribution in [1.29, 1.82) is 0 Å². The number of hydrogen-bond donors (Lipinski definition) is 0. The molecule has 0 amide bonds. The summed E-state index contributed by atoms with van der Waals surface area (Å²) in [5.74, 6) is 0.902. The van der Waals surface area contributed by atoms with Crippen LogP contribution in [-0.2, 0) is 0 Å². The highest BCUT2D eigenvalue weighted by molar-refractivity contribution is 5.88. The Hall–Kier alpha value is -1.77. The predicted octanol–water partition coefficient (Wildman–Crippen LogP) is 3.23. The van der Waals surface area contributed by atoms with Crippen LogP contribution in [0.2, 0.25) is 0 Å². The molecular weight excluding hydrogens is 224 g/mol. The van der Waals surface area contributed by atoms with E-state index in [1.54, 1.807) is 13.3 Å². The van der Waals surface area contributed by atoms with Gasteiger partial charge in [-0.05, 0) is 43.5 Å². The Labute approximate surface area is 107 Å². The maximum atomic E-state index is 5.41. The summed E-state index contributed by atoms with van der Waals surface area (Å²) in [5, 5.41) is 1.10. The second kappa shape index (κ2) is 4.84. The molecule has 3 heteroatoms. The molecule has 18 heavy (non-hydrogen) atoms. The molecule has 0 aliphatic carbocycles. The summed E-state index contributed by atoms with van der Waals surface area (Å²) in [5.41, 5.74) is 2.28. The minimum Gasteiger partial charge on any atom is -0.496 e. The fraction of sp³-hybridized carbons (Fsp3) is 0.400. The predicted molar refractivity (Wildman–Crippen MR) is 74.4 cm³/mol. The van der Waals surface area contributed by atoms with Gasteiger partial charge in [-0.2, -0.15) is 0 Å². The second-order valence-corrected chi connectivity index (χ2v) is 4.76. The van der Waals surface area contributed by atoms with Crippen molar-refractivity contribution in [3.05, 3.63) is 30.5 Å². The third kappa shape index (κ3) is 2.01. The molecule has 1 aliphatic heterocycles. The standard InChI is InChI=1S/C15H18N2O/c1-18-15-7-8-16-14-6-5-12(11-13(14)15)17-9-3-2-4-10-17/h5-8,11H,2-4,9-10H2,1H3. The van der Waals surface area contributed by atoms with Crippen molar-refractivity contribution in [2.75, 3.05) is 25.1 Å². The van der Waals surface area contributed by atoms with Gasteiger partial charge in [0, 0.05) is 30.4 Å². The van der Waals surface area contributed by atoms with Crippen LogP contribution in [0.1, 0.15) is 19.3 Å². The van der Waals surface area contributed by atoms with Crippen molar-refractivity contribution in [2.45, 2.75) is 19.3 Å². The van der Waals surface area contributed by atoms with Crippen LogP contribution < -0.4 is 9.64 Å². The van der Waals surface area contributed by atoms with E-state index in [2.05, 4.69) is 28.1 Å². The van der Waals surface area contributed by atoms with Crippen LogP contribution in [0.4, 0.5) is 5.69 Å². The van der Waals surface area contributed by atoms with E-state index >= 15 is 0 Å². The maximum absolute atomic E-state index is 5.41. The molecule has 0 radical (unpaired) electrons. The van der Waals surface area contributed by atoms with E-state index in [1.165, 1.54) is 24.9 Å². The molecule has 3 rings (SSSR count). The van der Waals surface area contributed by atoms with Gasteiger partial charge in [0.1, 0.15) is 5.75 Å². The summed E-state index contributed by atoms with van der Waals surface area (Å²) >= 11 is 0. The molecule has 0 atom stereocenters. The van der Waals surface area contributed by atoms with Crippen LogP contribution in [0.5, 0.6) is 5.75 Å². The van der Waals surface area contributed by atoms with Crippen LogP contribution in [0.3, 0.4) is 0 Å².